The van der Waals surface area contributed by atoms with Gasteiger partial charge in [0.2, 0.25) is 5.82 Å². The number of halogens is 1. The van der Waals surface area contributed by atoms with Crippen LogP contribution in [0.5, 0.6) is 0 Å². The molecule has 2 N–H and O–H groups in total. The van der Waals surface area contributed by atoms with Crippen molar-refractivity contribution in [3.63, 3.8) is 0 Å². The van der Waals surface area contributed by atoms with Crippen LogP contribution in [0, 0.1) is 11.7 Å². The predicted molar refractivity (Wildman–Crippen MR) is 96.9 cm³/mol. The van der Waals surface area contributed by atoms with Gasteiger partial charge in [0, 0.05) is 6.42 Å². The third kappa shape index (κ3) is 4.37. The van der Waals surface area contributed by atoms with Crippen LogP contribution in [-0.2, 0) is 18.3 Å². The molecule has 1 saturated carbocycles. The lowest BCUT2D eigenvalue weighted by atomic mass is 10.0. The molecule has 0 aromatic carbocycles. The lowest BCUT2D eigenvalue weighted by Crippen LogP contribution is -2.35. The minimum atomic E-state index is -3.44. The van der Waals surface area contributed by atoms with Crippen LogP contribution in [-0.4, -0.2) is 39.9 Å². The molecule has 2 saturated heterocycles. The zero-order valence-corrected chi connectivity index (χ0v) is 16.3. The number of aromatic nitrogens is 2. The van der Waals surface area contributed by atoms with Gasteiger partial charge < -0.3 is 4.74 Å². The highest BCUT2D eigenvalue weighted by atomic mass is 31.2. The number of nitrogens with one attached hydrogen (secondary N) is 1. The summed E-state index contributed by atoms with van der Waals surface area (Å²) in [5, 5.41) is 0. The molecule has 0 spiro atoms. The van der Waals surface area contributed by atoms with Crippen molar-refractivity contribution in [1.29, 1.82) is 0 Å². The summed E-state index contributed by atoms with van der Waals surface area (Å²) in [7, 11) is -3.44. The van der Waals surface area contributed by atoms with Crippen molar-refractivity contribution in [2.24, 2.45) is 5.92 Å². The first-order valence-corrected chi connectivity index (χ1v) is 11.2. The maximum atomic E-state index is 13.5. The average molecular weight is 419 g/mol. The molecule has 3 fully saturated rings. The lowest BCUT2D eigenvalue weighted by molar-refractivity contribution is -0.0820. The van der Waals surface area contributed by atoms with E-state index in [1.807, 2.05) is 4.98 Å². The molecule has 4 atom stereocenters. The lowest BCUT2D eigenvalue weighted by Gasteiger charge is -2.26. The van der Waals surface area contributed by atoms with Crippen molar-refractivity contribution >= 4 is 8.17 Å². The Morgan fingerprint density at radius 1 is 1.32 bits per heavy atom. The van der Waals surface area contributed by atoms with E-state index in [2.05, 4.69) is 0 Å². The Kier molecular flexibility index (Phi) is 5.96. The molecule has 1 unspecified atom stereocenters. The summed E-state index contributed by atoms with van der Waals surface area (Å²) in [6.45, 7) is 0.404. The van der Waals surface area contributed by atoms with E-state index in [-0.39, 0.29) is 13.0 Å². The smallest absolute Gasteiger partial charge is 0.349 e. The first-order valence-electron chi connectivity index (χ1n) is 9.69. The van der Waals surface area contributed by atoms with Crippen molar-refractivity contribution in [1.82, 2.24) is 9.55 Å². The van der Waals surface area contributed by atoms with Crippen LogP contribution < -0.4 is 11.2 Å². The van der Waals surface area contributed by atoms with E-state index in [4.69, 9.17) is 18.3 Å². The first kappa shape index (κ1) is 20.1. The molecule has 2 aliphatic heterocycles. The third-order valence-electron chi connectivity index (χ3n) is 5.57. The van der Waals surface area contributed by atoms with E-state index in [0.29, 0.717) is 6.61 Å². The first-order chi connectivity index (χ1) is 13.4. The molecule has 28 heavy (non-hydrogen) atoms. The maximum absolute atomic E-state index is 13.5. The highest BCUT2D eigenvalue weighted by molar-refractivity contribution is 7.55. The normalized spacial score (nSPS) is 33.3. The molecule has 4 rings (SSSR count). The Morgan fingerprint density at radius 3 is 2.89 bits per heavy atom. The molecule has 11 heteroatoms. The number of aromatic amines is 1. The molecule has 9 nitrogen and oxygen atoms in total. The summed E-state index contributed by atoms with van der Waals surface area (Å²) >= 11 is 0. The van der Waals surface area contributed by atoms with Crippen LogP contribution >= 0.6 is 8.17 Å². The topological polar surface area (TPSA) is 112 Å². The molecule has 0 radical (unpaired) electrons. The fourth-order valence-electron chi connectivity index (χ4n) is 4.09. The van der Waals surface area contributed by atoms with Gasteiger partial charge in [0.1, 0.15) is 31.6 Å². The Hall–Kier alpha value is -1.16. The number of nitrogens with zero attached hydrogens (tertiary/aromatic N) is 1. The molecule has 3 aliphatic rings. The van der Waals surface area contributed by atoms with Gasteiger partial charge in [-0.05, 0) is 18.8 Å². The number of rotatable bonds is 6. The third-order valence-corrected chi connectivity index (χ3v) is 7.09. The minimum absolute atomic E-state index is 0.0503. The average Bonchev–Trinajstić information content (AvgIpc) is 3.31. The highest BCUT2D eigenvalue weighted by Gasteiger charge is 2.57. The van der Waals surface area contributed by atoms with Crippen LogP contribution in [0.25, 0.3) is 0 Å². The van der Waals surface area contributed by atoms with Crippen molar-refractivity contribution < 1.29 is 27.6 Å². The second-order valence-corrected chi connectivity index (χ2v) is 9.21. The Balaban J connectivity index is 1.32. The van der Waals surface area contributed by atoms with Crippen molar-refractivity contribution in [2.45, 2.75) is 63.4 Å². The molecular formula is C17H25FN2O7P+. The Bertz CT molecular complexity index is 811. The number of H-pyrrole nitrogens is 1. The molecule has 3 heterocycles. The molecule has 1 aliphatic carbocycles. The van der Waals surface area contributed by atoms with Gasteiger partial charge in [-0.2, -0.15) is 18.3 Å². The summed E-state index contributed by atoms with van der Waals surface area (Å²) < 4.78 is 36.7. The summed E-state index contributed by atoms with van der Waals surface area (Å²) in [6.07, 6.45) is 6.13. The monoisotopic (exact) mass is 419 g/mol. The second kappa shape index (κ2) is 8.30. The highest BCUT2D eigenvalue weighted by Crippen LogP contribution is 2.63. The molecule has 156 valence electrons. The van der Waals surface area contributed by atoms with E-state index < -0.39 is 43.7 Å². The maximum Gasteiger partial charge on any atom is 0.573 e. The van der Waals surface area contributed by atoms with Gasteiger partial charge in [-0.3, -0.25) is 14.3 Å². The standard InChI is InChI=1S/C17H24FN2O7P/c18-12-9-20(17(22)19-16(12)21)15-8-13-14(26-15)10-25-28(23,27-13)24-7-3-6-11-4-1-2-5-11/h9,11,13-15,23H,1-8,10H2/p+1/t13-,14+,15+,28?/m0/s1. The zero-order chi connectivity index (χ0) is 19.7. The van der Waals surface area contributed by atoms with Crippen LogP contribution in [0.2, 0.25) is 0 Å². The van der Waals surface area contributed by atoms with Crippen LogP contribution in [0.1, 0.15) is 51.2 Å². The second-order valence-electron chi connectivity index (χ2n) is 7.54. The summed E-state index contributed by atoms with van der Waals surface area (Å²) in [6, 6.07) is 0. The number of hydrogen-bond donors (Lipinski definition) is 2. The van der Waals surface area contributed by atoms with Crippen molar-refractivity contribution in [3.8, 4) is 0 Å². The Labute approximate surface area is 161 Å². The SMILES string of the molecule is O=c1[nH]c(=O)n([C@H]2C[C@@H]3O[P+](O)(OCCCC4CCCC4)OC[C@H]3O2)cc1F. The Morgan fingerprint density at radius 2 is 2.11 bits per heavy atom. The summed E-state index contributed by atoms with van der Waals surface area (Å²) in [5.74, 6) is -0.334. The number of hydrogen-bond acceptors (Lipinski definition) is 7. The minimum Gasteiger partial charge on any atom is -0.349 e. The van der Waals surface area contributed by atoms with Crippen LogP contribution in [0.15, 0.2) is 15.8 Å². The number of fused-ring (bicyclic) bond motifs is 1. The van der Waals surface area contributed by atoms with E-state index in [9.17, 15) is 18.9 Å². The van der Waals surface area contributed by atoms with Gasteiger partial charge in [0.25, 0.3) is 5.56 Å². The van der Waals surface area contributed by atoms with Gasteiger partial charge in [0.15, 0.2) is 0 Å². The predicted octanol–water partition coefficient (Wildman–Crippen LogP) is 2.04. The molecule has 1 aromatic rings. The van der Waals surface area contributed by atoms with Gasteiger partial charge in [0.05, 0.1) is 6.20 Å². The van der Waals surface area contributed by atoms with Gasteiger partial charge in [-0.25, -0.2) is 4.79 Å². The fourth-order valence-corrected chi connectivity index (χ4v) is 5.55. The molecule has 1 aromatic heterocycles. The van der Waals surface area contributed by atoms with Crippen LogP contribution in [0.3, 0.4) is 0 Å². The van der Waals surface area contributed by atoms with E-state index >= 15 is 0 Å². The molecule has 0 amide bonds. The summed E-state index contributed by atoms with van der Waals surface area (Å²) in [5.41, 5.74) is -1.85. The van der Waals surface area contributed by atoms with E-state index in [1.165, 1.54) is 25.7 Å². The van der Waals surface area contributed by atoms with Gasteiger partial charge in [-0.15, -0.1) is 4.52 Å². The van der Waals surface area contributed by atoms with Crippen molar-refractivity contribution in [2.75, 3.05) is 13.2 Å². The fraction of sp³-hybridized carbons (Fsp3) is 0.765. The van der Waals surface area contributed by atoms with Gasteiger partial charge in [-0.1, -0.05) is 25.7 Å². The number of ether oxygens (including phenoxy) is 1. The summed E-state index contributed by atoms with van der Waals surface area (Å²) in [4.78, 5) is 35.5. The largest absolute Gasteiger partial charge is 0.573 e. The molecular weight excluding hydrogens is 394 g/mol. The van der Waals surface area contributed by atoms with Gasteiger partial charge >= 0.3 is 13.9 Å². The van der Waals surface area contributed by atoms with E-state index in [0.717, 1.165) is 29.5 Å². The zero-order valence-electron chi connectivity index (χ0n) is 15.4. The van der Waals surface area contributed by atoms with E-state index in [1.54, 1.807) is 0 Å². The quantitative estimate of drug-likeness (QED) is 0.536. The van der Waals surface area contributed by atoms with Crippen molar-refractivity contribution in [3.05, 3.63) is 32.9 Å². The molecule has 0 bridgehead atoms. The van der Waals surface area contributed by atoms with Crippen LogP contribution in [0.4, 0.5) is 4.39 Å².